The number of rotatable bonds is 4. The summed E-state index contributed by atoms with van der Waals surface area (Å²) in [6.45, 7) is 1.25. The van der Waals surface area contributed by atoms with E-state index >= 15 is 0 Å². The van der Waals surface area contributed by atoms with Crippen LogP contribution in [0.3, 0.4) is 0 Å². The minimum atomic E-state index is -2.68. The third-order valence-electron chi connectivity index (χ3n) is 3.24. The van der Waals surface area contributed by atoms with Crippen LogP contribution in [0.5, 0.6) is 5.75 Å². The molecule has 1 atom stereocenters. The first-order valence-electron chi connectivity index (χ1n) is 7.36. The minimum Gasteiger partial charge on any atom is -0.494 e. The van der Waals surface area contributed by atoms with Crippen LogP contribution < -0.4 is 4.74 Å². The van der Waals surface area contributed by atoms with E-state index in [2.05, 4.69) is 4.98 Å². The van der Waals surface area contributed by atoms with E-state index < -0.39 is 13.0 Å². The van der Waals surface area contributed by atoms with Crippen LogP contribution in [-0.4, -0.2) is 40.4 Å². The first kappa shape index (κ1) is 8.92. The summed E-state index contributed by atoms with van der Waals surface area (Å²) in [5, 5.41) is 9.18. The molecule has 1 aliphatic heterocycles. The first-order valence-corrected chi connectivity index (χ1v) is 5.86. The molecule has 0 spiro atoms. The molecule has 0 unspecified atom stereocenters. The summed E-state index contributed by atoms with van der Waals surface area (Å²) < 4.78 is 33.6. The standard InChI is InChI=1S/C13H14N2O4/c1-18-11-5-8(13(16)17)4-10-12(11)14-7-15(10)6-9-2-3-19-9/h4-5,7,9H,2-3,6H2,1H3,(H,16,17)/t9-/m0/s1/i1D3. The molecule has 1 N–H and O–H groups in total. The molecule has 0 saturated carbocycles. The molecular formula is C13H14N2O4. The maximum Gasteiger partial charge on any atom is 0.335 e. The first-order chi connectivity index (χ1) is 10.3. The van der Waals surface area contributed by atoms with Gasteiger partial charge in [-0.2, -0.15) is 0 Å². The molecule has 19 heavy (non-hydrogen) atoms. The van der Waals surface area contributed by atoms with Gasteiger partial charge in [0, 0.05) is 6.61 Å². The number of methoxy groups -OCH3 is 1. The molecular weight excluding hydrogens is 248 g/mol. The van der Waals surface area contributed by atoms with Crippen molar-refractivity contribution < 1.29 is 23.5 Å². The van der Waals surface area contributed by atoms with Crippen LogP contribution in [0.15, 0.2) is 18.5 Å². The van der Waals surface area contributed by atoms with Gasteiger partial charge in [0.05, 0.1) is 41.2 Å². The summed E-state index contributed by atoms with van der Waals surface area (Å²) in [7, 11) is -2.68. The van der Waals surface area contributed by atoms with E-state index in [0.717, 1.165) is 6.42 Å². The summed E-state index contributed by atoms with van der Waals surface area (Å²) in [5.74, 6) is -1.23. The average molecular weight is 265 g/mol. The number of fused-ring (bicyclic) bond motifs is 1. The number of nitrogens with zero attached hydrogens (tertiary/aromatic N) is 2. The van der Waals surface area contributed by atoms with Gasteiger partial charge in [0.15, 0.2) is 0 Å². The van der Waals surface area contributed by atoms with Gasteiger partial charge in [-0.15, -0.1) is 0 Å². The van der Waals surface area contributed by atoms with Gasteiger partial charge in [0.1, 0.15) is 11.3 Å². The van der Waals surface area contributed by atoms with Crippen LogP contribution in [0.1, 0.15) is 20.9 Å². The number of carboxylic acids is 1. The molecule has 1 saturated heterocycles. The number of benzene rings is 1. The van der Waals surface area contributed by atoms with E-state index in [1.54, 1.807) is 4.57 Å². The lowest BCUT2D eigenvalue weighted by Gasteiger charge is -2.26. The third-order valence-corrected chi connectivity index (χ3v) is 3.24. The molecule has 2 aromatic rings. The van der Waals surface area contributed by atoms with Crippen molar-refractivity contribution in [3.8, 4) is 5.75 Å². The van der Waals surface area contributed by atoms with E-state index in [4.69, 9.17) is 13.6 Å². The lowest BCUT2D eigenvalue weighted by molar-refractivity contribution is -0.0586. The predicted molar refractivity (Wildman–Crippen MR) is 67.6 cm³/mol. The van der Waals surface area contributed by atoms with E-state index in [1.165, 1.54) is 18.5 Å². The second-order valence-electron chi connectivity index (χ2n) is 4.43. The number of hydrogen-bond acceptors (Lipinski definition) is 4. The molecule has 6 heteroatoms. The molecule has 1 aromatic heterocycles. The number of hydrogen-bond donors (Lipinski definition) is 1. The number of imidazole rings is 1. The molecule has 0 bridgehead atoms. The Morgan fingerprint density at radius 3 is 3.21 bits per heavy atom. The summed E-state index contributed by atoms with van der Waals surface area (Å²) in [5.41, 5.74) is 0.776. The normalized spacial score (nSPS) is 21.3. The van der Waals surface area contributed by atoms with Gasteiger partial charge >= 0.3 is 5.97 Å². The molecule has 6 nitrogen and oxygen atoms in total. The lowest BCUT2D eigenvalue weighted by Crippen LogP contribution is -2.30. The summed E-state index contributed by atoms with van der Waals surface area (Å²) in [6.07, 6.45) is 2.53. The van der Waals surface area contributed by atoms with Crippen molar-refractivity contribution in [2.75, 3.05) is 13.6 Å². The zero-order valence-electron chi connectivity index (χ0n) is 13.0. The van der Waals surface area contributed by atoms with Gasteiger partial charge in [-0.1, -0.05) is 0 Å². The highest BCUT2D eigenvalue weighted by molar-refractivity contribution is 5.95. The Morgan fingerprint density at radius 1 is 1.74 bits per heavy atom. The van der Waals surface area contributed by atoms with E-state index in [-0.39, 0.29) is 17.4 Å². The SMILES string of the molecule is [2H]C([2H])([2H])Oc1cc(C(=O)O)cc2c1ncn2C[C@@H]1CCO1. The number of aromatic nitrogens is 2. The van der Waals surface area contributed by atoms with Gasteiger partial charge in [0.2, 0.25) is 0 Å². The fourth-order valence-corrected chi connectivity index (χ4v) is 2.13. The van der Waals surface area contributed by atoms with Gasteiger partial charge in [-0.25, -0.2) is 9.78 Å². The second kappa shape index (κ2) is 4.55. The Bertz CT molecular complexity index is 722. The van der Waals surface area contributed by atoms with Gasteiger partial charge in [-0.3, -0.25) is 0 Å². The summed E-state index contributed by atoms with van der Waals surface area (Å²) in [6, 6.07) is 2.63. The van der Waals surface area contributed by atoms with Crippen molar-refractivity contribution in [3.05, 3.63) is 24.0 Å². The quantitative estimate of drug-likeness (QED) is 0.907. The van der Waals surface area contributed by atoms with E-state index in [0.29, 0.717) is 24.2 Å². The van der Waals surface area contributed by atoms with Crippen molar-refractivity contribution in [1.29, 1.82) is 0 Å². The molecule has 3 rings (SSSR count). The fraction of sp³-hybridized carbons (Fsp3) is 0.385. The number of aromatic carboxylic acids is 1. The summed E-state index contributed by atoms with van der Waals surface area (Å²) in [4.78, 5) is 15.4. The maximum absolute atomic E-state index is 11.2. The van der Waals surface area contributed by atoms with Crippen molar-refractivity contribution in [2.24, 2.45) is 0 Å². The minimum absolute atomic E-state index is 0.0528. The Hall–Kier alpha value is -2.08. The molecule has 1 aromatic carbocycles. The zero-order chi connectivity index (χ0) is 15.9. The smallest absolute Gasteiger partial charge is 0.335 e. The zero-order valence-corrected chi connectivity index (χ0v) is 10.00. The maximum atomic E-state index is 11.2. The number of ether oxygens (including phenoxy) is 2. The number of carbonyl (C=O) groups is 1. The Labute approximate surface area is 113 Å². The number of carboxylic acid groups (broad SMARTS) is 1. The molecule has 100 valence electrons. The van der Waals surface area contributed by atoms with Gasteiger partial charge in [-0.05, 0) is 18.6 Å². The largest absolute Gasteiger partial charge is 0.494 e. The molecule has 0 amide bonds. The predicted octanol–water partition coefficient (Wildman–Crippen LogP) is 1.53. The van der Waals surface area contributed by atoms with Gasteiger partial charge < -0.3 is 19.1 Å². The summed E-state index contributed by atoms with van der Waals surface area (Å²) >= 11 is 0. The van der Waals surface area contributed by atoms with Crippen LogP contribution in [0.2, 0.25) is 0 Å². The topological polar surface area (TPSA) is 73.6 Å². The van der Waals surface area contributed by atoms with Crippen LogP contribution in [-0.2, 0) is 11.3 Å². The van der Waals surface area contributed by atoms with E-state index in [1.807, 2.05) is 0 Å². The molecule has 0 aliphatic carbocycles. The van der Waals surface area contributed by atoms with Crippen LogP contribution in [0.25, 0.3) is 11.0 Å². The van der Waals surface area contributed by atoms with Crippen molar-refractivity contribution in [2.45, 2.75) is 19.1 Å². The molecule has 1 aliphatic rings. The highest BCUT2D eigenvalue weighted by atomic mass is 16.5. The Kier molecular flexibility index (Phi) is 2.14. The van der Waals surface area contributed by atoms with Crippen LogP contribution >= 0.6 is 0 Å². The highest BCUT2D eigenvalue weighted by Gasteiger charge is 2.21. The van der Waals surface area contributed by atoms with E-state index in [9.17, 15) is 9.90 Å². The lowest BCUT2D eigenvalue weighted by atomic mass is 10.1. The van der Waals surface area contributed by atoms with Gasteiger partial charge in [0.25, 0.3) is 0 Å². The molecule has 1 fully saturated rings. The Morgan fingerprint density at radius 2 is 2.58 bits per heavy atom. The van der Waals surface area contributed by atoms with Crippen molar-refractivity contribution in [1.82, 2.24) is 9.55 Å². The second-order valence-corrected chi connectivity index (χ2v) is 4.43. The molecule has 2 heterocycles. The van der Waals surface area contributed by atoms with Crippen molar-refractivity contribution >= 4 is 17.0 Å². The Balaban J connectivity index is 2.06. The van der Waals surface area contributed by atoms with Crippen LogP contribution in [0, 0.1) is 0 Å². The fourth-order valence-electron chi connectivity index (χ4n) is 2.13. The average Bonchev–Trinajstić information content (AvgIpc) is 2.75. The molecule has 0 radical (unpaired) electrons. The monoisotopic (exact) mass is 265 g/mol. The third kappa shape index (κ3) is 2.04. The van der Waals surface area contributed by atoms with Crippen LogP contribution in [0.4, 0.5) is 0 Å². The highest BCUT2D eigenvalue weighted by Crippen LogP contribution is 2.27. The van der Waals surface area contributed by atoms with Crippen molar-refractivity contribution in [3.63, 3.8) is 0 Å².